The number of nitrogen functional groups attached to an aromatic ring is 1. The Kier molecular flexibility index (Phi) is 2.22. The molecule has 1 aliphatic rings. The monoisotopic (exact) mass is 190 g/mol. The van der Waals surface area contributed by atoms with Crippen LogP contribution in [-0.2, 0) is 0 Å². The van der Waals surface area contributed by atoms with Crippen LogP contribution in [0.2, 0.25) is 0 Å². The van der Waals surface area contributed by atoms with Crippen LogP contribution in [0.3, 0.4) is 0 Å². The fourth-order valence-electron chi connectivity index (χ4n) is 1.85. The van der Waals surface area contributed by atoms with Crippen molar-refractivity contribution < 1.29 is 0 Å². The van der Waals surface area contributed by atoms with Gasteiger partial charge in [0.15, 0.2) is 0 Å². The minimum Gasteiger partial charge on any atom is -0.383 e. The minimum atomic E-state index is 0.480. The maximum Gasteiger partial charge on any atom is 0.126 e. The van der Waals surface area contributed by atoms with Gasteiger partial charge in [-0.3, -0.25) is 0 Å². The first-order valence-corrected chi connectivity index (χ1v) is 5.36. The molecule has 0 atom stereocenters. The van der Waals surface area contributed by atoms with Gasteiger partial charge in [0.25, 0.3) is 0 Å². The summed E-state index contributed by atoms with van der Waals surface area (Å²) in [4.78, 5) is 4.51. The molecule has 2 N–H and O–H groups in total. The van der Waals surface area contributed by atoms with E-state index in [0.717, 1.165) is 11.5 Å². The summed E-state index contributed by atoms with van der Waals surface area (Å²) in [5.74, 6) is 1.94. The van der Waals surface area contributed by atoms with E-state index in [2.05, 4.69) is 24.9 Å². The topological polar surface area (TPSA) is 38.9 Å². The van der Waals surface area contributed by atoms with E-state index < -0.39 is 0 Å². The Bertz CT molecular complexity index is 325. The van der Waals surface area contributed by atoms with Crippen molar-refractivity contribution in [3.8, 4) is 0 Å². The normalized spacial score (nSPS) is 16.3. The van der Waals surface area contributed by atoms with Gasteiger partial charge in [-0.25, -0.2) is 4.98 Å². The lowest BCUT2D eigenvalue weighted by atomic mass is 9.99. The number of hydrogen-bond acceptors (Lipinski definition) is 2. The SMILES string of the molecule is Cc1cc(C2CC2)c(C(C)C)nc1N. The maximum absolute atomic E-state index is 5.84. The highest BCUT2D eigenvalue weighted by atomic mass is 14.9. The van der Waals surface area contributed by atoms with Crippen LogP contribution < -0.4 is 5.73 Å². The van der Waals surface area contributed by atoms with Gasteiger partial charge in [0.1, 0.15) is 5.82 Å². The van der Waals surface area contributed by atoms with Crippen molar-refractivity contribution in [2.24, 2.45) is 0 Å². The first-order valence-electron chi connectivity index (χ1n) is 5.36. The van der Waals surface area contributed by atoms with Crippen LogP contribution in [0.5, 0.6) is 0 Å². The Morgan fingerprint density at radius 2 is 2.07 bits per heavy atom. The molecule has 1 aromatic heterocycles. The number of aryl methyl sites for hydroxylation is 1. The summed E-state index contributed by atoms with van der Waals surface area (Å²) >= 11 is 0. The van der Waals surface area contributed by atoms with Gasteiger partial charge in [-0.15, -0.1) is 0 Å². The first kappa shape index (κ1) is 9.50. The Balaban J connectivity index is 2.49. The lowest BCUT2D eigenvalue weighted by molar-refractivity contribution is 0.798. The molecule has 0 bridgehead atoms. The molecule has 0 aliphatic heterocycles. The van der Waals surface area contributed by atoms with Crippen LogP contribution in [0.1, 0.15) is 55.3 Å². The molecule has 0 amide bonds. The largest absolute Gasteiger partial charge is 0.383 e. The molecule has 0 saturated heterocycles. The van der Waals surface area contributed by atoms with E-state index in [4.69, 9.17) is 5.73 Å². The molecule has 1 aliphatic carbocycles. The van der Waals surface area contributed by atoms with E-state index in [9.17, 15) is 0 Å². The molecule has 2 nitrogen and oxygen atoms in total. The molecule has 0 spiro atoms. The molecular weight excluding hydrogens is 172 g/mol. The number of nitrogens with two attached hydrogens (primary N) is 1. The summed E-state index contributed by atoms with van der Waals surface area (Å²) < 4.78 is 0. The summed E-state index contributed by atoms with van der Waals surface area (Å²) in [6.07, 6.45) is 2.65. The van der Waals surface area contributed by atoms with Crippen molar-refractivity contribution >= 4 is 5.82 Å². The Morgan fingerprint density at radius 1 is 1.43 bits per heavy atom. The first-order chi connectivity index (χ1) is 6.59. The van der Waals surface area contributed by atoms with Crippen LogP contribution in [-0.4, -0.2) is 4.98 Å². The van der Waals surface area contributed by atoms with Crippen molar-refractivity contribution in [3.05, 3.63) is 22.9 Å². The smallest absolute Gasteiger partial charge is 0.126 e. The zero-order valence-electron chi connectivity index (χ0n) is 9.17. The second-order valence-corrected chi connectivity index (χ2v) is 4.59. The van der Waals surface area contributed by atoms with Gasteiger partial charge in [-0.05, 0) is 42.7 Å². The minimum absolute atomic E-state index is 0.480. The Labute approximate surface area is 85.5 Å². The Hall–Kier alpha value is -1.05. The standard InChI is InChI=1S/C12H18N2/c1-7(2)11-10(9-4-5-9)6-8(3)12(13)14-11/h6-7,9H,4-5H2,1-3H3,(H2,13,14). The number of nitrogens with zero attached hydrogens (tertiary/aromatic N) is 1. The quantitative estimate of drug-likeness (QED) is 0.778. The third-order valence-electron chi connectivity index (χ3n) is 2.88. The van der Waals surface area contributed by atoms with Crippen molar-refractivity contribution in [1.82, 2.24) is 4.98 Å². The zero-order chi connectivity index (χ0) is 10.3. The fourth-order valence-corrected chi connectivity index (χ4v) is 1.85. The van der Waals surface area contributed by atoms with E-state index in [1.54, 1.807) is 0 Å². The molecule has 0 aromatic carbocycles. The highest BCUT2D eigenvalue weighted by molar-refractivity contribution is 5.45. The highest BCUT2D eigenvalue weighted by Gasteiger charge is 2.28. The van der Waals surface area contributed by atoms with Crippen LogP contribution in [0.25, 0.3) is 0 Å². The molecular formula is C12H18N2. The van der Waals surface area contributed by atoms with Crippen LogP contribution in [0, 0.1) is 6.92 Å². The van der Waals surface area contributed by atoms with Gasteiger partial charge < -0.3 is 5.73 Å². The van der Waals surface area contributed by atoms with E-state index >= 15 is 0 Å². The average molecular weight is 190 g/mol. The maximum atomic E-state index is 5.84. The fraction of sp³-hybridized carbons (Fsp3) is 0.583. The van der Waals surface area contributed by atoms with E-state index in [0.29, 0.717) is 11.7 Å². The predicted molar refractivity (Wildman–Crippen MR) is 59.5 cm³/mol. The summed E-state index contributed by atoms with van der Waals surface area (Å²) in [6, 6.07) is 2.23. The average Bonchev–Trinajstić information content (AvgIpc) is 2.91. The molecule has 14 heavy (non-hydrogen) atoms. The van der Waals surface area contributed by atoms with E-state index in [-0.39, 0.29) is 0 Å². The number of rotatable bonds is 2. The molecule has 0 unspecified atom stereocenters. The molecule has 1 aromatic rings. The van der Waals surface area contributed by atoms with Gasteiger partial charge in [0, 0.05) is 5.69 Å². The lowest BCUT2D eigenvalue weighted by Gasteiger charge is -2.13. The zero-order valence-corrected chi connectivity index (χ0v) is 9.17. The molecule has 2 heteroatoms. The van der Waals surface area contributed by atoms with Gasteiger partial charge in [-0.2, -0.15) is 0 Å². The van der Waals surface area contributed by atoms with Crippen molar-refractivity contribution in [2.45, 2.75) is 45.4 Å². The lowest BCUT2D eigenvalue weighted by Crippen LogP contribution is -2.04. The van der Waals surface area contributed by atoms with Crippen LogP contribution in [0.4, 0.5) is 5.82 Å². The third kappa shape index (κ3) is 1.61. The van der Waals surface area contributed by atoms with E-state index in [1.165, 1.54) is 24.1 Å². The molecule has 1 saturated carbocycles. The summed E-state index contributed by atoms with van der Waals surface area (Å²) in [5.41, 5.74) is 9.60. The van der Waals surface area contributed by atoms with Gasteiger partial charge in [0.2, 0.25) is 0 Å². The van der Waals surface area contributed by atoms with Crippen molar-refractivity contribution in [3.63, 3.8) is 0 Å². The summed E-state index contributed by atoms with van der Waals surface area (Å²) in [5, 5.41) is 0. The molecule has 0 radical (unpaired) electrons. The predicted octanol–water partition coefficient (Wildman–Crippen LogP) is 2.97. The second-order valence-electron chi connectivity index (χ2n) is 4.59. The second kappa shape index (κ2) is 3.26. The molecule has 1 heterocycles. The molecule has 1 fully saturated rings. The summed E-state index contributed by atoms with van der Waals surface area (Å²) in [7, 11) is 0. The van der Waals surface area contributed by atoms with Gasteiger partial charge in [0.05, 0.1) is 0 Å². The third-order valence-corrected chi connectivity index (χ3v) is 2.88. The number of aromatic nitrogens is 1. The number of pyridine rings is 1. The number of anilines is 1. The number of hydrogen-bond donors (Lipinski definition) is 1. The van der Waals surface area contributed by atoms with Crippen LogP contribution in [0.15, 0.2) is 6.07 Å². The Morgan fingerprint density at radius 3 is 2.57 bits per heavy atom. The van der Waals surface area contributed by atoms with Crippen LogP contribution >= 0.6 is 0 Å². The van der Waals surface area contributed by atoms with Gasteiger partial charge in [-0.1, -0.05) is 19.9 Å². The highest BCUT2D eigenvalue weighted by Crippen LogP contribution is 2.43. The summed E-state index contributed by atoms with van der Waals surface area (Å²) in [6.45, 7) is 6.41. The van der Waals surface area contributed by atoms with Crippen molar-refractivity contribution in [2.75, 3.05) is 5.73 Å². The molecule has 2 rings (SSSR count). The van der Waals surface area contributed by atoms with Gasteiger partial charge >= 0.3 is 0 Å². The van der Waals surface area contributed by atoms with E-state index in [1.807, 2.05) is 6.92 Å². The van der Waals surface area contributed by atoms with Crippen molar-refractivity contribution in [1.29, 1.82) is 0 Å². The molecule has 76 valence electrons.